The van der Waals surface area contributed by atoms with E-state index < -0.39 is 30.1 Å². The molecule has 4 rings (SSSR count). The minimum Gasteiger partial charge on any atom is -0.493 e. The molecular formula is C33H38N2O7. The van der Waals surface area contributed by atoms with Crippen LogP contribution in [0.3, 0.4) is 0 Å². The summed E-state index contributed by atoms with van der Waals surface area (Å²) in [5.74, 6) is -0.210. The number of fused-ring (bicyclic) bond motifs is 1. The molecule has 0 bridgehead atoms. The molecule has 0 aromatic heterocycles. The van der Waals surface area contributed by atoms with Crippen molar-refractivity contribution in [3.05, 3.63) is 95.1 Å². The lowest BCUT2D eigenvalue weighted by atomic mass is 9.92. The highest BCUT2D eigenvalue weighted by Gasteiger charge is 2.39. The fraction of sp³-hybridized carbons (Fsp3) is 0.364. The summed E-state index contributed by atoms with van der Waals surface area (Å²) in [4.78, 5) is 41.6. The van der Waals surface area contributed by atoms with Crippen LogP contribution in [0, 0.1) is 0 Å². The number of carbonyl (C=O) groups excluding carboxylic acids is 3. The Balaban J connectivity index is 1.55. The maximum atomic E-state index is 13.9. The first-order chi connectivity index (χ1) is 20.3. The second-order valence-corrected chi connectivity index (χ2v) is 10.2. The first-order valence-electron chi connectivity index (χ1n) is 14.0. The Bertz CT molecular complexity index is 1360. The summed E-state index contributed by atoms with van der Waals surface area (Å²) in [6.45, 7) is 1.95. The van der Waals surface area contributed by atoms with Crippen molar-refractivity contribution < 1.29 is 33.3 Å². The number of esters is 2. The van der Waals surface area contributed by atoms with Crippen LogP contribution in [0.4, 0.5) is 0 Å². The molecule has 1 heterocycles. The molecular weight excluding hydrogens is 536 g/mol. The first-order valence-corrected chi connectivity index (χ1v) is 14.0. The van der Waals surface area contributed by atoms with Crippen LogP contribution in [0.5, 0.6) is 11.5 Å². The van der Waals surface area contributed by atoms with E-state index in [1.807, 2.05) is 72.8 Å². The maximum absolute atomic E-state index is 13.9. The molecule has 9 heteroatoms. The van der Waals surface area contributed by atoms with Gasteiger partial charge in [-0.05, 0) is 54.2 Å². The number of rotatable bonds is 12. The molecule has 3 aromatic carbocycles. The molecule has 0 spiro atoms. The minimum absolute atomic E-state index is 0.0920. The summed E-state index contributed by atoms with van der Waals surface area (Å²) in [6, 6.07) is 20.5. The average molecular weight is 575 g/mol. The predicted molar refractivity (Wildman–Crippen MR) is 157 cm³/mol. The van der Waals surface area contributed by atoms with E-state index in [4.69, 9.17) is 18.9 Å². The zero-order chi connectivity index (χ0) is 30.1. The van der Waals surface area contributed by atoms with E-state index in [9.17, 15) is 14.4 Å². The van der Waals surface area contributed by atoms with E-state index >= 15 is 0 Å². The molecule has 0 fully saturated rings. The van der Waals surface area contributed by atoms with Gasteiger partial charge in [-0.3, -0.25) is 14.9 Å². The van der Waals surface area contributed by atoms with Crippen LogP contribution in [0.25, 0.3) is 0 Å². The van der Waals surface area contributed by atoms with Gasteiger partial charge >= 0.3 is 11.9 Å². The molecule has 1 unspecified atom stereocenters. The lowest BCUT2D eigenvalue weighted by molar-refractivity contribution is -0.158. The van der Waals surface area contributed by atoms with Gasteiger partial charge in [0, 0.05) is 13.0 Å². The van der Waals surface area contributed by atoms with E-state index in [-0.39, 0.29) is 25.5 Å². The molecule has 0 saturated carbocycles. The molecule has 1 aliphatic rings. The van der Waals surface area contributed by atoms with E-state index in [0.29, 0.717) is 24.3 Å². The van der Waals surface area contributed by atoms with Gasteiger partial charge in [-0.1, -0.05) is 60.7 Å². The van der Waals surface area contributed by atoms with Crippen molar-refractivity contribution in [2.24, 2.45) is 0 Å². The molecule has 0 radical (unpaired) electrons. The van der Waals surface area contributed by atoms with Crippen molar-refractivity contribution in [2.45, 2.75) is 57.5 Å². The highest BCUT2D eigenvalue weighted by Crippen LogP contribution is 2.35. The summed E-state index contributed by atoms with van der Waals surface area (Å²) >= 11 is 0. The van der Waals surface area contributed by atoms with E-state index in [1.54, 1.807) is 21.1 Å². The van der Waals surface area contributed by atoms with Crippen molar-refractivity contribution >= 4 is 17.8 Å². The van der Waals surface area contributed by atoms with Crippen molar-refractivity contribution in [1.29, 1.82) is 0 Å². The molecule has 1 amide bonds. The van der Waals surface area contributed by atoms with Crippen molar-refractivity contribution in [3.8, 4) is 11.5 Å². The lowest BCUT2D eigenvalue weighted by Crippen LogP contribution is -2.56. The number of methoxy groups -OCH3 is 3. The number of nitrogens with zero attached hydrogens (tertiary/aromatic N) is 1. The predicted octanol–water partition coefficient (Wildman–Crippen LogP) is 3.85. The van der Waals surface area contributed by atoms with Gasteiger partial charge in [-0.15, -0.1) is 0 Å². The maximum Gasteiger partial charge on any atom is 0.329 e. The molecule has 0 saturated heterocycles. The Labute approximate surface area is 246 Å². The first kappa shape index (κ1) is 30.6. The number of aryl methyl sites for hydroxylation is 1. The van der Waals surface area contributed by atoms with Gasteiger partial charge in [0.25, 0.3) is 0 Å². The topological polar surface area (TPSA) is 103 Å². The third-order valence-corrected chi connectivity index (χ3v) is 7.49. The van der Waals surface area contributed by atoms with Crippen LogP contribution in [0.1, 0.15) is 35.6 Å². The highest BCUT2D eigenvalue weighted by atomic mass is 16.5. The number of hydrogen-bond acceptors (Lipinski definition) is 8. The molecule has 3 aromatic rings. The Morgan fingerprint density at radius 3 is 2.07 bits per heavy atom. The van der Waals surface area contributed by atoms with Crippen molar-refractivity contribution in [3.63, 3.8) is 0 Å². The minimum atomic E-state index is -0.864. The van der Waals surface area contributed by atoms with Crippen LogP contribution in [0.2, 0.25) is 0 Å². The Hall–Kier alpha value is -4.37. The summed E-state index contributed by atoms with van der Waals surface area (Å²) in [6.07, 6.45) is 1.31. The van der Waals surface area contributed by atoms with E-state index in [0.717, 1.165) is 22.3 Å². The number of amides is 1. The van der Waals surface area contributed by atoms with E-state index in [1.165, 1.54) is 12.0 Å². The Morgan fingerprint density at radius 2 is 1.48 bits per heavy atom. The molecule has 1 N–H and O–H groups in total. The summed E-state index contributed by atoms with van der Waals surface area (Å²) in [5, 5.41) is 3.15. The lowest BCUT2D eigenvalue weighted by Gasteiger charge is -2.37. The normalized spacial score (nSPS) is 15.6. The van der Waals surface area contributed by atoms with Crippen LogP contribution >= 0.6 is 0 Å². The molecule has 0 aliphatic carbocycles. The molecule has 1 aliphatic heterocycles. The van der Waals surface area contributed by atoms with Crippen LogP contribution in [-0.4, -0.2) is 62.2 Å². The summed E-state index contributed by atoms with van der Waals surface area (Å²) < 4.78 is 21.7. The fourth-order valence-corrected chi connectivity index (χ4v) is 5.17. The van der Waals surface area contributed by atoms with Gasteiger partial charge < -0.3 is 23.8 Å². The van der Waals surface area contributed by atoms with Crippen LogP contribution in [-0.2, 0) is 49.9 Å². The zero-order valence-electron chi connectivity index (χ0n) is 24.5. The quantitative estimate of drug-likeness (QED) is 0.326. The molecule has 222 valence electrons. The number of benzene rings is 3. The van der Waals surface area contributed by atoms with Crippen LogP contribution < -0.4 is 14.8 Å². The van der Waals surface area contributed by atoms with Crippen molar-refractivity contribution in [2.75, 3.05) is 21.3 Å². The third kappa shape index (κ3) is 7.47. The smallest absolute Gasteiger partial charge is 0.329 e. The van der Waals surface area contributed by atoms with Crippen molar-refractivity contribution in [1.82, 2.24) is 10.2 Å². The van der Waals surface area contributed by atoms with Gasteiger partial charge in [0.05, 0.1) is 27.4 Å². The van der Waals surface area contributed by atoms with Gasteiger partial charge in [-0.25, -0.2) is 4.79 Å². The number of nitrogens with one attached hydrogen (secondary N) is 1. The summed E-state index contributed by atoms with van der Waals surface area (Å²) in [5.41, 5.74) is 3.63. The fourth-order valence-electron chi connectivity index (χ4n) is 5.17. The Morgan fingerprint density at radius 1 is 0.881 bits per heavy atom. The second kappa shape index (κ2) is 14.5. The highest BCUT2D eigenvalue weighted by molar-refractivity contribution is 5.89. The SMILES string of the molecule is COC(=O)C(CCc1ccccc1)N[C@@H](C)C(=O)N1Cc2cc(OC)c(OC)cc2C[C@H]1C(=O)OCc1ccccc1. The monoisotopic (exact) mass is 574 g/mol. The molecule has 3 atom stereocenters. The molecule has 9 nitrogen and oxygen atoms in total. The molecule has 42 heavy (non-hydrogen) atoms. The number of ether oxygens (including phenoxy) is 4. The third-order valence-electron chi connectivity index (χ3n) is 7.49. The number of hydrogen-bond donors (Lipinski definition) is 1. The summed E-state index contributed by atoms with van der Waals surface area (Å²) in [7, 11) is 4.43. The zero-order valence-corrected chi connectivity index (χ0v) is 24.5. The van der Waals surface area contributed by atoms with Crippen LogP contribution in [0.15, 0.2) is 72.8 Å². The van der Waals surface area contributed by atoms with Gasteiger partial charge in [0.15, 0.2) is 11.5 Å². The van der Waals surface area contributed by atoms with E-state index in [2.05, 4.69) is 5.32 Å². The standard InChI is InChI=1S/C33H38N2O7/c1-22(34-27(32(37)41-4)16-15-23-11-7-5-8-12-23)31(36)35-20-26-19-30(40-3)29(39-2)18-25(26)17-28(35)33(38)42-21-24-13-9-6-10-14-24/h5-14,18-19,22,27-28,34H,15-17,20-21H2,1-4H3/t22-,27?,28-/m0/s1. The number of carbonyl (C=O) groups is 3. The van der Waals surface area contributed by atoms with Gasteiger partial charge in [-0.2, -0.15) is 0 Å². The largest absolute Gasteiger partial charge is 0.493 e. The van der Waals surface area contributed by atoms with Gasteiger partial charge in [0.1, 0.15) is 18.7 Å². The Kier molecular flexibility index (Phi) is 10.6. The average Bonchev–Trinajstić information content (AvgIpc) is 3.04. The second-order valence-electron chi connectivity index (χ2n) is 10.2. The van der Waals surface area contributed by atoms with Gasteiger partial charge in [0.2, 0.25) is 5.91 Å².